The van der Waals surface area contributed by atoms with Gasteiger partial charge in [0.15, 0.2) is 5.13 Å². The van der Waals surface area contributed by atoms with E-state index in [0.29, 0.717) is 10.8 Å². The first-order valence-electron chi connectivity index (χ1n) is 7.02. The van der Waals surface area contributed by atoms with Crippen molar-refractivity contribution in [2.24, 2.45) is 0 Å². The third-order valence-electron chi connectivity index (χ3n) is 3.25. The molecule has 23 heavy (non-hydrogen) atoms. The Balaban J connectivity index is 2.25. The van der Waals surface area contributed by atoms with Gasteiger partial charge in [-0.1, -0.05) is 13.8 Å². The molecule has 2 rings (SSSR count). The standard InChI is InChI=1S/C15H18N4O3S/c1-9(2)11-8-23-15(16-11)17-14(20)10-5-6-12(18(3)4)13(7-10)19(21)22/h5-9H,1-4H3,(H,16,17,20). The molecule has 1 aromatic carbocycles. The van der Waals surface area contributed by atoms with Crippen LogP contribution >= 0.6 is 11.3 Å². The molecule has 0 saturated carbocycles. The number of anilines is 2. The van der Waals surface area contributed by atoms with Crippen molar-refractivity contribution in [3.05, 3.63) is 45.0 Å². The predicted octanol–water partition coefficient (Wildman–Crippen LogP) is 3.49. The molecule has 0 aliphatic rings. The van der Waals surface area contributed by atoms with Crippen LogP contribution in [0, 0.1) is 10.1 Å². The molecule has 8 heteroatoms. The van der Waals surface area contributed by atoms with E-state index in [4.69, 9.17) is 0 Å². The van der Waals surface area contributed by atoms with E-state index in [-0.39, 0.29) is 17.2 Å². The lowest BCUT2D eigenvalue weighted by molar-refractivity contribution is -0.384. The second-order valence-electron chi connectivity index (χ2n) is 5.54. The monoisotopic (exact) mass is 334 g/mol. The lowest BCUT2D eigenvalue weighted by Crippen LogP contribution is -2.15. The molecule has 2 aromatic rings. The second-order valence-corrected chi connectivity index (χ2v) is 6.40. The maximum absolute atomic E-state index is 12.3. The number of nitro benzene ring substituents is 1. The Hall–Kier alpha value is -2.48. The molecule has 1 N–H and O–H groups in total. The number of amides is 1. The molecule has 0 unspecified atom stereocenters. The molecule has 0 radical (unpaired) electrons. The summed E-state index contributed by atoms with van der Waals surface area (Å²) in [6.45, 7) is 4.04. The van der Waals surface area contributed by atoms with Crippen LogP contribution in [-0.4, -0.2) is 29.9 Å². The number of aromatic nitrogens is 1. The van der Waals surface area contributed by atoms with Crippen molar-refractivity contribution in [3.63, 3.8) is 0 Å². The Morgan fingerprint density at radius 3 is 2.61 bits per heavy atom. The fourth-order valence-electron chi connectivity index (χ4n) is 1.97. The van der Waals surface area contributed by atoms with Crippen molar-refractivity contribution in [1.29, 1.82) is 0 Å². The van der Waals surface area contributed by atoms with Gasteiger partial charge < -0.3 is 4.90 Å². The largest absolute Gasteiger partial charge is 0.372 e. The average Bonchev–Trinajstić information content (AvgIpc) is 2.95. The summed E-state index contributed by atoms with van der Waals surface area (Å²) in [5.74, 6) is -0.138. The van der Waals surface area contributed by atoms with Gasteiger partial charge in [-0.15, -0.1) is 11.3 Å². The summed E-state index contributed by atoms with van der Waals surface area (Å²) in [6.07, 6.45) is 0. The first kappa shape index (κ1) is 16.9. The van der Waals surface area contributed by atoms with Crippen LogP contribution in [0.3, 0.4) is 0 Å². The van der Waals surface area contributed by atoms with Crippen LogP contribution in [0.5, 0.6) is 0 Å². The van der Waals surface area contributed by atoms with Crippen LogP contribution in [0.2, 0.25) is 0 Å². The first-order chi connectivity index (χ1) is 10.8. The number of carbonyl (C=O) groups excluding carboxylic acids is 1. The molecule has 0 aliphatic carbocycles. The summed E-state index contributed by atoms with van der Waals surface area (Å²) in [5, 5.41) is 16.2. The molecule has 0 saturated heterocycles. The van der Waals surface area contributed by atoms with Crippen molar-refractivity contribution in [2.45, 2.75) is 19.8 Å². The summed E-state index contributed by atoms with van der Waals surface area (Å²) in [4.78, 5) is 28.9. The van der Waals surface area contributed by atoms with Gasteiger partial charge in [-0.05, 0) is 18.1 Å². The van der Waals surface area contributed by atoms with E-state index >= 15 is 0 Å². The fourth-order valence-corrected chi connectivity index (χ4v) is 2.83. The highest BCUT2D eigenvalue weighted by Gasteiger charge is 2.19. The minimum absolute atomic E-state index is 0.107. The van der Waals surface area contributed by atoms with Crippen molar-refractivity contribution in [3.8, 4) is 0 Å². The topological polar surface area (TPSA) is 88.4 Å². The van der Waals surface area contributed by atoms with E-state index in [1.54, 1.807) is 31.1 Å². The number of hydrogen-bond acceptors (Lipinski definition) is 6. The number of nitrogens with zero attached hydrogens (tertiary/aromatic N) is 3. The van der Waals surface area contributed by atoms with Gasteiger partial charge in [0.2, 0.25) is 0 Å². The summed E-state index contributed by atoms with van der Waals surface area (Å²) < 4.78 is 0. The van der Waals surface area contributed by atoms with Gasteiger partial charge >= 0.3 is 0 Å². The lowest BCUT2D eigenvalue weighted by Gasteiger charge is -2.13. The quantitative estimate of drug-likeness (QED) is 0.668. The van der Waals surface area contributed by atoms with Crippen molar-refractivity contribution < 1.29 is 9.72 Å². The van der Waals surface area contributed by atoms with Gasteiger partial charge in [0.1, 0.15) is 5.69 Å². The zero-order valence-electron chi connectivity index (χ0n) is 13.4. The normalized spacial score (nSPS) is 10.7. The number of nitro groups is 1. The number of nitrogens with one attached hydrogen (secondary N) is 1. The average molecular weight is 334 g/mol. The lowest BCUT2D eigenvalue weighted by atomic mass is 10.1. The molecule has 0 spiro atoms. The second kappa shape index (κ2) is 6.74. The van der Waals surface area contributed by atoms with E-state index in [2.05, 4.69) is 10.3 Å². The third kappa shape index (κ3) is 3.84. The first-order valence-corrected chi connectivity index (χ1v) is 7.90. The van der Waals surface area contributed by atoms with E-state index in [9.17, 15) is 14.9 Å². The Morgan fingerprint density at radius 2 is 2.09 bits per heavy atom. The SMILES string of the molecule is CC(C)c1csc(NC(=O)c2ccc(N(C)C)c([N+](=O)[O-])c2)n1. The molecular weight excluding hydrogens is 316 g/mol. The van der Waals surface area contributed by atoms with Gasteiger partial charge in [-0.2, -0.15) is 0 Å². The van der Waals surface area contributed by atoms with Gasteiger partial charge in [-0.3, -0.25) is 20.2 Å². The summed E-state index contributed by atoms with van der Waals surface area (Å²) in [7, 11) is 3.43. The molecule has 7 nitrogen and oxygen atoms in total. The Kier molecular flexibility index (Phi) is 4.95. The number of hydrogen-bond donors (Lipinski definition) is 1. The molecule has 0 fully saturated rings. The minimum atomic E-state index is -0.494. The molecule has 0 atom stereocenters. The molecule has 1 amide bonds. The van der Waals surface area contributed by atoms with E-state index in [1.165, 1.54) is 17.4 Å². The van der Waals surface area contributed by atoms with Crippen LogP contribution in [0.15, 0.2) is 23.6 Å². The Morgan fingerprint density at radius 1 is 1.39 bits per heavy atom. The smallest absolute Gasteiger partial charge is 0.293 e. The highest BCUT2D eigenvalue weighted by molar-refractivity contribution is 7.14. The maximum Gasteiger partial charge on any atom is 0.293 e. The number of rotatable bonds is 5. The van der Waals surface area contributed by atoms with Crippen LogP contribution in [0.1, 0.15) is 35.8 Å². The van der Waals surface area contributed by atoms with Gasteiger partial charge in [0.25, 0.3) is 11.6 Å². The zero-order chi connectivity index (χ0) is 17.1. The van der Waals surface area contributed by atoms with Crippen LogP contribution in [0.25, 0.3) is 0 Å². The zero-order valence-corrected chi connectivity index (χ0v) is 14.2. The number of benzene rings is 1. The van der Waals surface area contributed by atoms with Gasteiger partial charge in [0, 0.05) is 31.1 Å². The Bertz CT molecular complexity index is 740. The van der Waals surface area contributed by atoms with E-state index < -0.39 is 10.8 Å². The summed E-state index contributed by atoms with van der Waals surface area (Å²) in [6, 6.07) is 4.41. The molecule has 122 valence electrons. The minimum Gasteiger partial charge on any atom is -0.372 e. The van der Waals surface area contributed by atoms with Gasteiger partial charge in [-0.25, -0.2) is 4.98 Å². The highest BCUT2D eigenvalue weighted by Crippen LogP contribution is 2.28. The van der Waals surface area contributed by atoms with Crippen molar-refractivity contribution in [1.82, 2.24) is 4.98 Å². The Labute approximate surface area is 138 Å². The predicted molar refractivity (Wildman–Crippen MR) is 91.6 cm³/mol. The number of carbonyl (C=O) groups is 1. The van der Waals surface area contributed by atoms with Crippen LogP contribution in [-0.2, 0) is 0 Å². The van der Waals surface area contributed by atoms with Crippen molar-refractivity contribution in [2.75, 3.05) is 24.3 Å². The molecule has 0 aliphatic heterocycles. The fraction of sp³-hybridized carbons (Fsp3) is 0.333. The molecule has 0 bridgehead atoms. The van der Waals surface area contributed by atoms with E-state index in [0.717, 1.165) is 5.69 Å². The van der Waals surface area contributed by atoms with Gasteiger partial charge in [0.05, 0.1) is 10.6 Å². The molecule has 1 aromatic heterocycles. The third-order valence-corrected chi connectivity index (χ3v) is 4.03. The number of thiazole rings is 1. The maximum atomic E-state index is 12.3. The van der Waals surface area contributed by atoms with Crippen LogP contribution < -0.4 is 10.2 Å². The van der Waals surface area contributed by atoms with Crippen molar-refractivity contribution >= 4 is 33.8 Å². The summed E-state index contributed by atoms with van der Waals surface area (Å²) >= 11 is 1.33. The summed E-state index contributed by atoms with van der Waals surface area (Å²) in [5.41, 5.74) is 1.47. The highest BCUT2D eigenvalue weighted by atomic mass is 32.1. The molecule has 1 heterocycles. The molecular formula is C15H18N4O3S. The van der Waals surface area contributed by atoms with Crippen LogP contribution in [0.4, 0.5) is 16.5 Å². The van der Waals surface area contributed by atoms with E-state index in [1.807, 2.05) is 19.2 Å².